The van der Waals surface area contributed by atoms with Crippen molar-refractivity contribution < 1.29 is 19.2 Å². The molecule has 0 bridgehead atoms. The fourth-order valence-corrected chi connectivity index (χ4v) is 6.22. The van der Waals surface area contributed by atoms with Crippen LogP contribution in [0.15, 0.2) is 77.8 Å². The normalized spacial score (nSPS) is 19.6. The predicted octanol–water partition coefficient (Wildman–Crippen LogP) is 6.13. The van der Waals surface area contributed by atoms with Crippen LogP contribution >= 0.6 is 11.8 Å². The molecule has 1 fully saturated rings. The van der Waals surface area contributed by atoms with Gasteiger partial charge in [0.1, 0.15) is 5.25 Å². The first-order valence-corrected chi connectivity index (χ1v) is 13.9. The minimum atomic E-state index is -0.620. The van der Waals surface area contributed by atoms with E-state index < -0.39 is 5.25 Å². The molecular formula is C31H29N3O4S. The minimum absolute atomic E-state index is 0.00881. The third-order valence-corrected chi connectivity index (χ3v) is 8.21. The van der Waals surface area contributed by atoms with Gasteiger partial charge in [0.25, 0.3) is 0 Å². The summed E-state index contributed by atoms with van der Waals surface area (Å²) < 4.78 is 0. The van der Waals surface area contributed by atoms with Crippen LogP contribution in [-0.2, 0) is 16.0 Å². The van der Waals surface area contributed by atoms with E-state index in [1.165, 1.54) is 31.2 Å². The van der Waals surface area contributed by atoms with Gasteiger partial charge in [-0.3, -0.25) is 24.1 Å². The van der Waals surface area contributed by atoms with Crippen molar-refractivity contribution in [2.75, 3.05) is 5.32 Å². The Morgan fingerprint density at radius 1 is 0.923 bits per heavy atom. The molecule has 2 atom stereocenters. The summed E-state index contributed by atoms with van der Waals surface area (Å²) in [6, 6.07) is 21.7. The zero-order chi connectivity index (χ0) is 27.5. The molecule has 0 aromatic heterocycles. The standard InChI is InChI=1S/C31H29N3O4S/c1-19(35)21-10-14-24(15-11-21)32-29(37)18-28-30(38)34(27-9-5-7-23-6-3-4-8-26(23)27)31(39-28)33-25-16-12-22(13-17-25)20(2)36/h3-4,6,8,10-17,27-28H,5,7,9,18H2,1-2H3,(H,32,37)/t27-,28+/m1/s1. The van der Waals surface area contributed by atoms with Crippen molar-refractivity contribution in [3.05, 3.63) is 95.1 Å². The Labute approximate surface area is 231 Å². The number of amidine groups is 1. The van der Waals surface area contributed by atoms with Crippen LogP contribution in [0.5, 0.6) is 0 Å². The number of ketones is 2. The third kappa shape index (κ3) is 5.86. The van der Waals surface area contributed by atoms with Gasteiger partial charge in [0, 0.05) is 23.2 Å². The molecule has 1 aliphatic heterocycles. The maximum absolute atomic E-state index is 13.8. The summed E-state index contributed by atoms with van der Waals surface area (Å²) in [4.78, 5) is 56.6. The Morgan fingerprint density at radius 2 is 1.56 bits per heavy atom. The molecular weight excluding hydrogens is 510 g/mol. The number of fused-ring (bicyclic) bond motifs is 1. The number of nitrogens with one attached hydrogen (secondary N) is 1. The van der Waals surface area contributed by atoms with Gasteiger partial charge in [-0.1, -0.05) is 36.0 Å². The number of Topliss-reactive ketones (excluding diaryl/α,β-unsaturated/α-hetero) is 2. The maximum Gasteiger partial charge on any atom is 0.243 e. The molecule has 1 heterocycles. The van der Waals surface area contributed by atoms with E-state index in [4.69, 9.17) is 4.99 Å². The molecule has 1 saturated heterocycles. The number of anilines is 1. The van der Waals surface area contributed by atoms with Crippen molar-refractivity contribution in [1.29, 1.82) is 0 Å². The van der Waals surface area contributed by atoms with Crippen molar-refractivity contribution in [1.82, 2.24) is 4.90 Å². The van der Waals surface area contributed by atoms with Crippen LogP contribution in [0.3, 0.4) is 0 Å². The first-order valence-electron chi connectivity index (χ1n) is 13.0. The number of carbonyl (C=O) groups excluding carboxylic acids is 4. The van der Waals surface area contributed by atoms with Crippen LogP contribution in [0.4, 0.5) is 11.4 Å². The lowest BCUT2D eigenvalue weighted by Crippen LogP contribution is -2.38. The van der Waals surface area contributed by atoms with Crippen LogP contribution in [0, 0.1) is 0 Å². The van der Waals surface area contributed by atoms with Gasteiger partial charge in [-0.15, -0.1) is 0 Å². The number of benzene rings is 3. The number of aliphatic imine (C=N–C) groups is 1. The van der Waals surface area contributed by atoms with Gasteiger partial charge >= 0.3 is 0 Å². The first kappa shape index (κ1) is 26.6. The quantitative estimate of drug-likeness (QED) is 0.365. The van der Waals surface area contributed by atoms with E-state index in [-0.39, 0.29) is 35.8 Å². The molecule has 3 aromatic carbocycles. The van der Waals surface area contributed by atoms with Gasteiger partial charge in [-0.2, -0.15) is 0 Å². The SMILES string of the molecule is CC(=O)c1ccc(N=C2S[C@@H](CC(=O)Nc3ccc(C(C)=O)cc3)C(=O)N2[C@@H]2CCCc3ccccc32)cc1. The average Bonchev–Trinajstić information content (AvgIpc) is 3.22. The molecule has 198 valence electrons. The van der Waals surface area contributed by atoms with Gasteiger partial charge < -0.3 is 5.32 Å². The molecule has 7 nitrogen and oxygen atoms in total. The molecule has 0 spiro atoms. The molecule has 3 aromatic rings. The van der Waals surface area contributed by atoms with E-state index in [1.54, 1.807) is 53.4 Å². The second-order valence-corrected chi connectivity index (χ2v) is 11.0. The molecule has 5 rings (SSSR count). The van der Waals surface area contributed by atoms with E-state index in [0.29, 0.717) is 27.7 Å². The Balaban J connectivity index is 1.41. The van der Waals surface area contributed by atoms with Crippen molar-refractivity contribution in [2.24, 2.45) is 4.99 Å². The molecule has 2 aliphatic rings. The smallest absolute Gasteiger partial charge is 0.243 e. The molecule has 39 heavy (non-hydrogen) atoms. The van der Waals surface area contributed by atoms with Crippen LogP contribution in [0.25, 0.3) is 0 Å². The maximum atomic E-state index is 13.8. The fourth-order valence-electron chi connectivity index (χ4n) is 5.03. The predicted molar refractivity (Wildman–Crippen MR) is 154 cm³/mol. The lowest BCUT2D eigenvalue weighted by atomic mass is 9.87. The van der Waals surface area contributed by atoms with Gasteiger partial charge in [-0.05, 0) is 92.8 Å². The number of carbonyl (C=O) groups is 4. The highest BCUT2D eigenvalue weighted by Gasteiger charge is 2.44. The lowest BCUT2D eigenvalue weighted by molar-refractivity contribution is -0.129. The summed E-state index contributed by atoms with van der Waals surface area (Å²) in [5.74, 6) is -0.495. The van der Waals surface area contributed by atoms with E-state index >= 15 is 0 Å². The monoisotopic (exact) mass is 539 g/mol. The number of hydrogen-bond acceptors (Lipinski definition) is 6. The van der Waals surface area contributed by atoms with Gasteiger partial charge in [0.2, 0.25) is 11.8 Å². The van der Waals surface area contributed by atoms with Crippen LogP contribution in [0.1, 0.15) is 71.0 Å². The number of hydrogen-bond donors (Lipinski definition) is 1. The number of nitrogens with zero attached hydrogens (tertiary/aromatic N) is 2. The second-order valence-electron chi connectivity index (χ2n) is 9.80. The lowest BCUT2D eigenvalue weighted by Gasteiger charge is -2.33. The highest BCUT2D eigenvalue weighted by Crippen LogP contribution is 2.42. The number of thioether (sulfide) groups is 1. The first-order chi connectivity index (χ1) is 18.8. The minimum Gasteiger partial charge on any atom is -0.326 e. The largest absolute Gasteiger partial charge is 0.326 e. The number of aryl methyl sites for hydroxylation is 1. The molecule has 0 unspecified atom stereocenters. The summed E-state index contributed by atoms with van der Waals surface area (Å²) >= 11 is 1.30. The highest BCUT2D eigenvalue weighted by atomic mass is 32.2. The Kier molecular flexibility index (Phi) is 7.74. The van der Waals surface area contributed by atoms with E-state index in [2.05, 4.69) is 17.4 Å². The summed E-state index contributed by atoms with van der Waals surface area (Å²) in [5.41, 5.74) is 4.71. The van der Waals surface area contributed by atoms with Crippen LogP contribution < -0.4 is 5.32 Å². The summed E-state index contributed by atoms with van der Waals surface area (Å²) in [7, 11) is 0. The number of amides is 2. The summed E-state index contributed by atoms with van der Waals surface area (Å²) in [6.45, 7) is 3.01. The second kappa shape index (κ2) is 11.4. The Hall–Kier alpha value is -4.04. The molecule has 8 heteroatoms. The Morgan fingerprint density at radius 3 is 2.23 bits per heavy atom. The van der Waals surface area contributed by atoms with Gasteiger partial charge in [-0.25, -0.2) is 4.99 Å². The molecule has 1 N–H and O–H groups in total. The molecule has 1 aliphatic carbocycles. The van der Waals surface area contributed by atoms with Gasteiger partial charge in [0.15, 0.2) is 16.7 Å². The van der Waals surface area contributed by atoms with E-state index in [1.807, 2.05) is 12.1 Å². The molecule has 0 saturated carbocycles. The van der Waals surface area contributed by atoms with E-state index in [0.717, 1.165) is 24.8 Å². The van der Waals surface area contributed by atoms with E-state index in [9.17, 15) is 19.2 Å². The third-order valence-electron chi connectivity index (χ3n) is 7.06. The summed E-state index contributed by atoms with van der Waals surface area (Å²) in [5, 5.41) is 2.78. The van der Waals surface area contributed by atoms with Gasteiger partial charge in [0.05, 0.1) is 11.7 Å². The Bertz CT molecular complexity index is 1460. The zero-order valence-corrected chi connectivity index (χ0v) is 22.7. The van der Waals surface area contributed by atoms with Crippen molar-refractivity contribution in [2.45, 2.75) is 50.8 Å². The van der Waals surface area contributed by atoms with Crippen LogP contribution in [0.2, 0.25) is 0 Å². The van der Waals surface area contributed by atoms with Crippen molar-refractivity contribution in [3.8, 4) is 0 Å². The summed E-state index contributed by atoms with van der Waals surface area (Å²) in [6.07, 6.45) is 2.73. The van der Waals surface area contributed by atoms with Crippen molar-refractivity contribution in [3.63, 3.8) is 0 Å². The molecule has 0 radical (unpaired) electrons. The molecule has 2 amide bonds. The van der Waals surface area contributed by atoms with Crippen LogP contribution in [-0.4, -0.2) is 38.7 Å². The number of rotatable bonds is 7. The highest BCUT2D eigenvalue weighted by molar-refractivity contribution is 8.15. The van der Waals surface area contributed by atoms with Crippen molar-refractivity contribution >= 4 is 51.7 Å². The fraction of sp³-hybridized carbons (Fsp3) is 0.258. The zero-order valence-electron chi connectivity index (χ0n) is 21.8. The average molecular weight is 540 g/mol. The topological polar surface area (TPSA) is 95.9 Å².